The Labute approximate surface area is 50.4 Å². The van der Waals surface area contributed by atoms with Gasteiger partial charge in [-0.1, -0.05) is 0 Å². The second-order valence-corrected chi connectivity index (χ2v) is 2.99. The van der Waals surface area contributed by atoms with Crippen molar-refractivity contribution >= 4 is 25.3 Å². The first-order chi connectivity index (χ1) is 3.06. The second kappa shape index (κ2) is 2.86. The van der Waals surface area contributed by atoms with Crippen molar-refractivity contribution in [2.24, 2.45) is 0 Å². The topological polar surface area (TPSA) is 20.2 Å². The van der Waals surface area contributed by atoms with Crippen LogP contribution in [0.4, 0.5) is 0 Å². The quantitative estimate of drug-likeness (QED) is 0.420. The Balaban J connectivity index is 3.80. The van der Waals surface area contributed by atoms with Crippen LogP contribution in [0.1, 0.15) is 13.8 Å². The molecule has 0 unspecified atom stereocenters. The van der Waals surface area contributed by atoms with Crippen LogP contribution in [0.25, 0.3) is 0 Å². The van der Waals surface area contributed by atoms with Gasteiger partial charge in [-0.15, -0.1) is 0 Å². The number of rotatable bonds is 1. The summed E-state index contributed by atoms with van der Waals surface area (Å²) in [6.07, 6.45) is 0. The van der Waals surface area contributed by atoms with Gasteiger partial charge in [-0.25, -0.2) is 0 Å². The monoisotopic (exact) mass is 133 g/mol. The molecule has 0 saturated heterocycles. The first-order valence-corrected chi connectivity index (χ1v) is 3.93. The molecule has 38 valence electrons. The van der Waals surface area contributed by atoms with E-state index in [1.165, 1.54) is 0 Å². The second-order valence-electron chi connectivity index (χ2n) is 1.89. The van der Waals surface area contributed by atoms with Gasteiger partial charge in [0.1, 0.15) is 0 Å². The standard InChI is InChI=1S/C3H7BOPS/c1-3(2,5)4-6-7/h5H,1-2H3/q+1. The summed E-state index contributed by atoms with van der Waals surface area (Å²) in [5.74, 6) is 0. The molecule has 0 aliphatic rings. The first-order valence-electron chi connectivity index (χ1n) is 1.95. The average molecular weight is 133 g/mol. The molecular formula is C3H7BOPS+. The van der Waals surface area contributed by atoms with Crippen molar-refractivity contribution in [3.05, 3.63) is 0 Å². The molecule has 0 aromatic rings. The molecule has 0 spiro atoms. The fourth-order valence-electron chi connectivity index (χ4n) is 0.129. The zero-order valence-electron chi connectivity index (χ0n) is 4.38. The van der Waals surface area contributed by atoms with Crippen molar-refractivity contribution in [2.75, 3.05) is 0 Å². The predicted molar refractivity (Wildman–Crippen MR) is 36.3 cm³/mol. The summed E-state index contributed by atoms with van der Waals surface area (Å²) < 4.78 is 0. The summed E-state index contributed by atoms with van der Waals surface area (Å²) in [5.41, 5.74) is -0.691. The van der Waals surface area contributed by atoms with Gasteiger partial charge in [0.2, 0.25) is 0 Å². The molecule has 1 N–H and O–H groups in total. The third-order valence-electron chi connectivity index (χ3n) is 0.369. The third kappa shape index (κ3) is 6.67. The van der Waals surface area contributed by atoms with E-state index in [9.17, 15) is 0 Å². The summed E-state index contributed by atoms with van der Waals surface area (Å²) in [6.45, 7) is 5.77. The van der Waals surface area contributed by atoms with Crippen molar-refractivity contribution in [2.45, 2.75) is 19.3 Å². The minimum absolute atomic E-state index is 0.691. The van der Waals surface area contributed by atoms with Gasteiger partial charge >= 0.3 is 49.7 Å². The SMILES string of the molecule is CC(C)(O)B=[P+]=S. The summed E-state index contributed by atoms with van der Waals surface area (Å²) >= 11 is 4.56. The number of hydrogen-bond donors (Lipinski definition) is 1. The van der Waals surface area contributed by atoms with Crippen LogP contribution < -0.4 is 0 Å². The molecule has 0 rings (SSSR count). The molecule has 0 saturated carbocycles. The molecule has 4 heteroatoms. The maximum atomic E-state index is 8.89. The van der Waals surface area contributed by atoms with Gasteiger partial charge in [0.15, 0.2) is 0 Å². The Morgan fingerprint density at radius 1 is 1.71 bits per heavy atom. The third-order valence-corrected chi connectivity index (χ3v) is 1.42. The Morgan fingerprint density at radius 3 is 2.14 bits per heavy atom. The van der Waals surface area contributed by atoms with Gasteiger partial charge in [0, 0.05) is 0 Å². The summed E-state index contributed by atoms with van der Waals surface area (Å²) in [4.78, 5) is 0. The van der Waals surface area contributed by atoms with E-state index in [1.807, 2.05) is 0 Å². The molecule has 0 aromatic heterocycles. The van der Waals surface area contributed by atoms with E-state index in [0.29, 0.717) is 0 Å². The molecule has 0 atom stereocenters. The van der Waals surface area contributed by atoms with Crippen molar-refractivity contribution in [1.29, 1.82) is 0 Å². The van der Waals surface area contributed by atoms with Gasteiger partial charge in [-0.05, 0) is 0 Å². The van der Waals surface area contributed by atoms with Crippen LogP contribution in [0.2, 0.25) is 0 Å². The summed E-state index contributed by atoms with van der Waals surface area (Å²) in [6, 6.07) is 0. The molecule has 0 fully saturated rings. The molecule has 7 heavy (non-hydrogen) atoms. The fraction of sp³-hybridized carbons (Fsp3) is 1.00. The van der Waals surface area contributed by atoms with Crippen LogP contribution in [-0.4, -0.2) is 17.2 Å². The van der Waals surface area contributed by atoms with E-state index in [1.54, 1.807) is 20.5 Å². The summed E-state index contributed by atoms with van der Waals surface area (Å²) in [5, 5.41) is 8.89. The van der Waals surface area contributed by atoms with E-state index in [2.05, 4.69) is 11.8 Å². The molecule has 0 radical (unpaired) electrons. The summed E-state index contributed by atoms with van der Waals surface area (Å²) in [7, 11) is 0. The normalized spacial score (nSPS) is 10.1. The Kier molecular flexibility index (Phi) is 3.13. The molecule has 0 aliphatic heterocycles. The molecule has 0 heterocycles. The van der Waals surface area contributed by atoms with E-state index in [0.717, 1.165) is 6.85 Å². The van der Waals surface area contributed by atoms with E-state index >= 15 is 0 Å². The molecule has 0 amide bonds. The molecule has 0 aliphatic carbocycles. The van der Waals surface area contributed by atoms with Crippen molar-refractivity contribution in [3.8, 4) is 0 Å². The molecular weight excluding hydrogens is 126 g/mol. The van der Waals surface area contributed by atoms with Crippen molar-refractivity contribution in [1.82, 2.24) is 0 Å². The first kappa shape index (κ1) is 7.67. The average Bonchev–Trinajstić information content (AvgIpc) is 1.30. The van der Waals surface area contributed by atoms with Crippen LogP contribution in [0, 0.1) is 0 Å². The van der Waals surface area contributed by atoms with E-state index in [-0.39, 0.29) is 0 Å². The molecule has 0 aromatic carbocycles. The van der Waals surface area contributed by atoms with Gasteiger partial charge in [-0.3, -0.25) is 0 Å². The van der Waals surface area contributed by atoms with Crippen molar-refractivity contribution in [3.63, 3.8) is 0 Å². The van der Waals surface area contributed by atoms with Gasteiger partial charge in [-0.2, -0.15) is 0 Å². The van der Waals surface area contributed by atoms with Crippen molar-refractivity contribution < 1.29 is 5.11 Å². The van der Waals surface area contributed by atoms with E-state index in [4.69, 9.17) is 5.11 Å². The Hall–Kier alpha value is 0.675. The number of hydrogen-bond acceptors (Lipinski definition) is 2. The Bertz CT molecular complexity index is 102. The van der Waals surface area contributed by atoms with Crippen LogP contribution >= 0.6 is 6.85 Å². The molecule has 0 bridgehead atoms. The predicted octanol–water partition coefficient (Wildman–Crippen LogP) is 0.742. The van der Waals surface area contributed by atoms with Crippen LogP contribution in [0.15, 0.2) is 0 Å². The van der Waals surface area contributed by atoms with Gasteiger partial charge in [0.05, 0.1) is 0 Å². The Morgan fingerprint density at radius 2 is 2.14 bits per heavy atom. The molecule has 1 nitrogen and oxygen atoms in total. The zero-order chi connectivity index (χ0) is 5.91. The van der Waals surface area contributed by atoms with E-state index < -0.39 is 5.50 Å². The van der Waals surface area contributed by atoms with Gasteiger partial charge in [0.25, 0.3) is 0 Å². The zero-order valence-corrected chi connectivity index (χ0v) is 6.09. The maximum absolute atomic E-state index is 8.89. The van der Waals surface area contributed by atoms with Gasteiger partial charge < -0.3 is 0 Å². The number of aliphatic hydroxyl groups is 1. The fourth-order valence-corrected chi connectivity index (χ4v) is 1.16. The van der Waals surface area contributed by atoms with Crippen LogP contribution in [0.3, 0.4) is 0 Å². The van der Waals surface area contributed by atoms with Crippen LogP contribution in [0.5, 0.6) is 0 Å². The minimum atomic E-state index is -0.691. The van der Waals surface area contributed by atoms with Crippen LogP contribution in [-0.2, 0) is 11.8 Å².